The van der Waals surface area contributed by atoms with Gasteiger partial charge in [-0.05, 0) is 25.0 Å². The van der Waals surface area contributed by atoms with Gasteiger partial charge in [-0.15, -0.1) is 0 Å². The van der Waals surface area contributed by atoms with E-state index in [1.165, 1.54) is 6.42 Å². The Morgan fingerprint density at radius 3 is 2.88 bits per heavy atom. The molecule has 1 saturated carbocycles. The number of pyridine rings is 1. The summed E-state index contributed by atoms with van der Waals surface area (Å²) in [6.45, 7) is 0. The van der Waals surface area contributed by atoms with Crippen molar-refractivity contribution in [2.24, 2.45) is 11.0 Å². The number of hydrogen-bond acceptors (Lipinski definition) is 3. The van der Waals surface area contributed by atoms with E-state index in [4.69, 9.17) is 0 Å². The van der Waals surface area contributed by atoms with Gasteiger partial charge in [0, 0.05) is 12.1 Å². The fourth-order valence-corrected chi connectivity index (χ4v) is 2.07. The van der Waals surface area contributed by atoms with Crippen LogP contribution in [-0.2, 0) is 4.79 Å². The minimum absolute atomic E-state index is 0.0388. The quantitative estimate of drug-likeness (QED) is 0.640. The molecule has 1 amide bonds. The predicted octanol–water partition coefficient (Wildman–Crippen LogP) is 2.11. The molecule has 1 N–H and O–H groups in total. The SMILES string of the molecule is O=C(N/N=C/c1ccccn1)C1CCCCC1. The first-order chi connectivity index (χ1) is 8.36. The highest BCUT2D eigenvalue weighted by atomic mass is 16.2. The first-order valence-electron chi connectivity index (χ1n) is 6.10. The number of nitrogens with zero attached hydrogens (tertiary/aromatic N) is 2. The molecule has 0 spiro atoms. The van der Waals surface area contributed by atoms with Gasteiger partial charge in [-0.25, -0.2) is 5.43 Å². The van der Waals surface area contributed by atoms with Crippen molar-refractivity contribution in [3.63, 3.8) is 0 Å². The molecule has 0 aliphatic heterocycles. The second-order valence-corrected chi connectivity index (χ2v) is 4.32. The zero-order valence-electron chi connectivity index (χ0n) is 9.80. The summed E-state index contributed by atoms with van der Waals surface area (Å²) in [5, 5.41) is 3.93. The Bertz CT molecular complexity index is 383. The molecular formula is C13H17N3O. The lowest BCUT2D eigenvalue weighted by atomic mass is 9.89. The minimum atomic E-state index is 0.0388. The average molecular weight is 231 g/mol. The average Bonchev–Trinajstić information content (AvgIpc) is 2.41. The molecule has 1 fully saturated rings. The van der Waals surface area contributed by atoms with Crippen LogP contribution < -0.4 is 5.43 Å². The van der Waals surface area contributed by atoms with Crippen LogP contribution in [0.15, 0.2) is 29.5 Å². The summed E-state index contributed by atoms with van der Waals surface area (Å²) in [7, 11) is 0. The largest absolute Gasteiger partial charge is 0.273 e. The lowest BCUT2D eigenvalue weighted by Gasteiger charge is -2.19. The molecule has 1 aromatic heterocycles. The molecule has 1 heterocycles. The van der Waals surface area contributed by atoms with Crippen molar-refractivity contribution in [3.8, 4) is 0 Å². The fraction of sp³-hybridized carbons (Fsp3) is 0.462. The lowest BCUT2D eigenvalue weighted by molar-refractivity contribution is -0.125. The Hall–Kier alpha value is -1.71. The van der Waals surface area contributed by atoms with Crippen LogP contribution in [0.4, 0.5) is 0 Å². The number of rotatable bonds is 3. The van der Waals surface area contributed by atoms with Crippen LogP contribution in [-0.4, -0.2) is 17.1 Å². The second-order valence-electron chi connectivity index (χ2n) is 4.32. The molecular weight excluding hydrogens is 214 g/mol. The Labute approximate surface area is 101 Å². The van der Waals surface area contributed by atoms with Crippen molar-refractivity contribution < 1.29 is 4.79 Å². The summed E-state index contributed by atoms with van der Waals surface area (Å²) >= 11 is 0. The van der Waals surface area contributed by atoms with Crippen molar-refractivity contribution >= 4 is 12.1 Å². The first-order valence-corrected chi connectivity index (χ1v) is 6.10. The van der Waals surface area contributed by atoms with E-state index in [0.717, 1.165) is 31.4 Å². The highest BCUT2D eigenvalue weighted by Gasteiger charge is 2.20. The minimum Gasteiger partial charge on any atom is -0.273 e. The number of aromatic nitrogens is 1. The monoisotopic (exact) mass is 231 g/mol. The van der Waals surface area contributed by atoms with E-state index in [1.54, 1.807) is 12.4 Å². The van der Waals surface area contributed by atoms with Gasteiger partial charge in [0.1, 0.15) is 0 Å². The van der Waals surface area contributed by atoms with Gasteiger partial charge < -0.3 is 0 Å². The number of amides is 1. The van der Waals surface area contributed by atoms with Gasteiger partial charge >= 0.3 is 0 Å². The van der Waals surface area contributed by atoms with Crippen LogP contribution in [0.3, 0.4) is 0 Å². The van der Waals surface area contributed by atoms with E-state index >= 15 is 0 Å². The molecule has 0 saturated heterocycles. The Morgan fingerprint density at radius 1 is 1.35 bits per heavy atom. The Balaban J connectivity index is 1.81. The van der Waals surface area contributed by atoms with E-state index < -0.39 is 0 Å². The summed E-state index contributed by atoms with van der Waals surface area (Å²) in [6.07, 6.45) is 8.81. The molecule has 17 heavy (non-hydrogen) atoms. The smallest absolute Gasteiger partial charge is 0.243 e. The summed E-state index contributed by atoms with van der Waals surface area (Å²) in [5.74, 6) is 0.182. The zero-order valence-corrected chi connectivity index (χ0v) is 9.80. The molecule has 0 radical (unpaired) electrons. The summed E-state index contributed by atoms with van der Waals surface area (Å²) in [6, 6.07) is 5.57. The molecule has 4 nitrogen and oxygen atoms in total. The van der Waals surface area contributed by atoms with Crippen LogP contribution in [0.25, 0.3) is 0 Å². The summed E-state index contributed by atoms with van der Waals surface area (Å²) in [5.41, 5.74) is 3.34. The normalized spacial score (nSPS) is 17.2. The molecule has 0 bridgehead atoms. The standard InChI is InChI=1S/C13H17N3O/c17-13(11-6-2-1-3-7-11)16-15-10-12-8-4-5-9-14-12/h4-5,8-11H,1-3,6-7H2,(H,16,17)/b15-10+. The molecule has 0 atom stereocenters. The molecule has 1 aliphatic carbocycles. The van der Waals surface area contributed by atoms with Crippen molar-refractivity contribution in [3.05, 3.63) is 30.1 Å². The highest BCUT2D eigenvalue weighted by molar-refractivity contribution is 5.82. The zero-order chi connectivity index (χ0) is 11.9. The molecule has 1 aliphatic rings. The van der Waals surface area contributed by atoms with E-state index in [9.17, 15) is 4.79 Å². The number of nitrogens with one attached hydrogen (secondary N) is 1. The van der Waals surface area contributed by atoms with Crippen molar-refractivity contribution in [2.45, 2.75) is 32.1 Å². The number of hydrogen-bond donors (Lipinski definition) is 1. The predicted molar refractivity (Wildman–Crippen MR) is 66.5 cm³/mol. The number of hydrazone groups is 1. The van der Waals surface area contributed by atoms with E-state index in [1.807, 2.05) is 18.2 Å². The maximum absolute atomic E-state index is 11.7. The van der Waals surface area contributed by atoms with Crippen LogP contribution >= 0.6 is 0 Å². The summed E-state index contributed by atoms with van der Waals surface area (Å²) < 4.78 is 0. The first kappa shape index (κ1) is 11.8. The molecule has 0 unspecified atom stereocenters. The number of carbonyl (C=O) groups excluding carboxylic acids is 1. The molecule has 4 heteroatoms. The van der Waals surface area contributed by atoms with Gasteiger partial charge in [-0.1, -0.05) is 25.3 Å². The molecule has 90 valence electrons. The molecule has 1 aromatic rings. The fourth-order valence-electron chi connectivity index (χ4n) is 2.07. The van der Waals surface area contributed by atoms with Crippen molar-refractivity contribution in [1.82, 2.24) is 10.4 Å². The summed E-state index contributed by atoms with van der Waals surface area (Å²) in [4.78, 5) is 15.8. The van der Waals surface area contributed by atoms with Gasteiger partial charge in [0.05, 0.1) is 11.9 Å². The maximum Gasteiger partial charge on any atom is 0.243 e. The second kappa shape index (κ2) is 6.13. The van der Waals surface area contributed by atoms with Crippen LogP contribution in [0, 0.1) is 5.92 Å². The maximum atomic E-state index is 11.7. The Kier molecular flexibility index (Phi) is 4.24. The molecule has 0 aromatic carbocycles. The van der Waals surface area contributed by atoms with E-state index in [-0.39, 0.29) is 11.8 Å². The molecule has 2 rings (SSSR count). The lowest BCUT2D eigenvalue weighted by Crippen LogP contribution is -2.28. The van der Waals surface area contributed by atoms with Gasteiger partial charge in [0.2, 0.25) is 5.91 Å². The van der Waals surface area contributed by atoms with Gasteiger partial charge in [0.25, 0.3) is 0 Å². The highest BCUT2D eigenvalue weighted by Crippen LogP contribution is 2.23. The van der Waals surface area contributed by atoms with Gasteiger partial charge in [-0.3, -0.25) is 9.78 Å². The van der Waals surface area contributed by atoms with Crippen LogP contribution in [0.2, 0.25) is 0 Å². The third-order valence-electron chi connectivity index (χ3n) is 3.04. The third-order valence-corrected chi connectivity index (χ3v) is 3.04. The number of carbonyl (C=O) groups is 1. The van der Waals surface area contributed by atoms with Crippen LogP contribution in [0.1, 0.15) is 37.8 Å². The van der Waals surface area contributed by atoms with Crippen molar-refractivity contribution in [2.75, 3.05) is 0 Å². The van der Waals surface area contributed by atoms with E-state index in [2.05, 4.69) is 15.5 Å². The third kappa shape index (κ3) is 3.66. The van der Waals surface area contributed by atoms with Gasteiger partial charge in [0.15, 0.2) is 0 Å². The van der Waals surface area contributed by atoms with Gasteiger partial charge in [-0.2, -0.15) is 5.10 Å². The van der Waals surface area contributed by atoms with Crippen LogP contribution in [0.5, 0.6) is 0 Å². The van der Waals surface area contributed by atoms with Crippen molar-refractivity contribution in [1.29, 1.82) is 0 Å². The Morgan fingerprint density at radius 2 is 2.18 bits per heavy atom. The topological polar surface area (TPSA) is 54.4 Å². The van der Waals surface area contributed by atoms with E-state index in [0.29, 0.717) is 0 Å².